The molecule has 0 aromatic carbocycles. The van der Waals surface area contributed by atoms with Gasteiger partial charge in [-0.3, -0.25) is 0 Å². The van der Waals surface area contributed by atoms with Gasteiger partial charge in [0.2, 0.25) is 0 Å². The van der Waals surface area contributed by atoms with Gasteiger partial charge in [-0.1, -0.05) is 12.5 Å². The van der Waals surface area contributed by atoms with Crippen LogP contribution in [0.15, 0.2) is 12.1 Å². The van der Waals surface area contributed by atoms with Crippen LogP contribution in [-0.2, 0) is 6.54 Å². The van der Waals surface area contributed by atoms with Crippen molar-refractivity contribution in [3.05, 3.63) is 23.4 Å². The Morgan fingerprint density at radius 3 is 2.48 bits per heavy atom. The highest BCUT2D eigenvalue weighted by atomic mass is 15.2. The monoisotopic (exact) mass is 288 g/mol. The predicted molar refractivity (Wildman–Crippen MR) is 87.5 cm³/mol. The Bertz CT molecular complexity index is 460. The van der Waals surface area contributed by atoms with Crippen LogP contribution in [0, 0.1) is 6.92 Å². The minimum atomic E-state index is 0.578. The quantitative estimate of drug-likeness (QED) is 0.927. The molecule has 116 valence electrons. The molecule has 3 heterocycles. The average Bonchev–Trinajstić information content (AvgIpc) is 2.56. The molecular formula is C17H28N4. The van der Waals surface area contributed by atoms with Crippen LogP contribution < -0.4 is 10.6 Å². The number of nitrogens with zero attached hydrogens (tertiary/aromatic N) is 3. The molecule has 0 radical (unpaired) electrons. The van der Waals surface area contributed by atoms with E-state index >= 15 is 0 Å². The van der Waals surface area contributed by atoms with Gasteiger partial charge in [0.05, 0.1) is 0 Å². The number of likely N-dealkylation sites (tertiary alicyclic amines) is 1. The highest BCUT2D eigenvalue weighted by Gasteiger charge is 2.26. The largest absolute Gasteiger partial charge is 0.356 e. The van der Waals surface area contributed by atoms with E-state index in [0.717, 1.165) is 30.6 Å². The Labute approximate surface area is 128 Å². The number of anilines is 1. The maximum absolute atomic E-state index is 5.88. The maximum Gasteiger partial charge on any atom is 0.133 e. The van der Waals surface area contributed by atoms with E-state index in [0.29, 0.717) is 6.54 Å². The second-order valence-corrected chi connectivity index (χ2v) is 6.45. The molecule has 2 saturated heterocycles. The van der Waals surface area contributed by atoms with Gasteiger partial charge >= 0.3 is 0 Å². The van der Waals surface area contributed by atoms with Gasteiger partial charge in [0.25, 0.3) is 0 Å². The highest BCUT2D eigenvalue weighted by Crippen LogP contribution is 2.26. The standard InChI is InChI=1S/C17H28N4/c1-14-5-6-15(13-18)17(19-14)21-11-7-16(8-12-21)20-9-3-2-4-10-20/h5-6,16H,2-4,7-13,18H2,1H3. The van der Waals surface area contributed by atoms with Crippen LogP contribution in [0.5, 0.6) is 0 Å². The summed E-state index contributed by atoms with van der Waals surface area (Å²) in [6, 6.07) is 4.98. The number of pyridine rings is 1. The van der Waals surface area contributed by atoms with Gasteiger partial charge in [0.15, 0.2) is 0 Å². The molecule has 0 amide bonds. The van der Waals surface area contributed by atoms with E-state index in [1.807, 2.05) is 0 Å². The van der Waals surface area contributed by atoms with Gasteiger partial charge in [0, 0.05) is 36.9 Å². The fourth-order valence-corrected chi connectivity index (χ4v) is 3.73. The van der Waals surface area contributed by atoms with E-state index in [-0.39, 0.29) is 0 Å². The number of aryl methyl sites for hydroxylation is 1. The molecule has 0 bridgehead atoms. The Kier molecular flexibility index (Phi) is 4.76. The number of piperidine rings is 2. The minimum absolute atomic E-state index is 0.578. The van der Waals surface area contributed by atoms with Crippen LogP contribution in [0.2, 0.25) is 0 Å². The van der Waals surface area contributed by atoms with E-state index in [9.17, 15) is 0 Å². The molecule has 4 nitrogen and oxygen atoms in total. The molecule has 21 heavy (non-hydrogen) atoms. The van der Waals surface area contributed by atoms with Crippen LogP contribution in [0.4, 0.5) is 5.82 Å². The molecule has 4 heteroatoms. The normalized spacial score (nSPS) is 21.7. The lowest BCUT2D eigenvalue weighted by molar-refractivity contribution is 0.141. The lowest BCUT2D eigenvalue weighted by Gasteiger charge is -2.41. The third kappa shape index (κ3) is 3.38. The van der Waals surface area contributed by atoms with Crippen molar-refractivity contribution >= 4 is 5.82 Å². The summed E-state index contributed by atoms with van der Waals surface area (Å²) in [7, 11) is 0. The summed E-state index contributed by atoms with van der Waals surface area (Å²) in [5.41, 5.74) is 8.14. The number of nitrogens with two attached hydrogens (primary N) is 1. The summed E-state index contributed by atoms with van der Waals surface area (Å²) < 4.78 is 0. The molecule has 2 aliphatic rings. The first-order chi connectivity index (χ1) is 10.3. The smallest absolute Gasteiger partial charge is 0.133 e. The van der Waals surface area contributed by atoms with Gasteiger partial charge in [-0.15, -0.1) is 0 Å². The highest BCUT2D eigenvalue weighted by molar-refractivity contribution is 5.48. The summed E-state index contributed by atoms with van der Waals surface area (Å²) >= 11 is 0. The first kappa shape index (κ1) is 14.8. The van der Waals surface area contributed by atoms with Crippen molar-refractivity contribution in [2.75, 3.05) is 31.1 Å². The lowest BCUT2D eigenvalue weighted by Crippen LogP contribution is -2.47. The second-order valence-electron chi connectivity index (χ2n) is 6.45. The number of rotatable bonds is 3. The van der Waals surface area contributed by atoms with Crippen LogP contribution in [0.25, 0.3) is 0 Å². The second kappa shape index (κ2) is 6.75. The van der Waals surface area contributed by atoms with E-state index in [1.165, 1.54) is 50.8 Å². The molecule has 0 atom stereocenters. The molecule has 0 spiro atoms. The van der Waals surface area contributed by atoms with Crippen LogP contribution in [0.3, 0.4) is 0 Å². The van der Waals surface area contributed by atoms with Crippen molar-refractivity contribution in [3.63, 3.8) is 0 Å². The molecule has 0 unspecified atom stereocenters. The Morgan fingerprint density at radius 1 is 1.10 bits per heavy atom. The Hall–Kier alpha value is -1.13. The predicted octanol–water partition coefficient (Wildman–Crippen LogP) is 2.30. The Balaban J connectivity index is 1.64. The molecule has 1 aromatic heterocycles. The first-order valence-corrected chi connectivity index (χ1v) is 8.43. The van der Waals surface area contributed by atoms with Crippen molar-refractivity contribution in [1.82, 2.24) is 9.88 Å². The number of hydrogen-bond acceptors (Lipinski definition) is 4. The zero-order valence-electron chi connectivity index (χ0n) is 13.2. The summed E-state index contributed by atoms with van der Waals surface area (Å²) in [5.74, 6) is 1.12. The molecular weight excluding hydrogens is 260 g/mol. The van der Waals surface area contributed by atoms with E-state index in [2.05, 4.69) is 28.9 Å². The molecule has 2 N–H and O–H groups in total. The van der Waals surface area contributed by atoms with Crippen LogP contribution in [0.1, 0.15) is 43.4 Å². The van der Waals surface area contributed by atoms with E-state index < -0.39 is 0 Å². The lowest BCUT2D eigenvalue weighted by atomic mass is 9.99. The number of aromatic nitrogens is 1. The zero-order chi connectivity index (χ0) is 14.7. The Morgan fingerprint density at radius 2 is 1.81 bits per heavy atom. The zero-order valence-corrected chi connectivity index (χ0v) is 13.2. The average molecular weight is 288 g/mol. The summed E-state index contributed by atoms with van der Waals surface area (Å²) in [5, 5.41) is 0. The van der Waals surface area contributed by atoms with E-state index in [1.54, 1.807) is 0 Å². The summed E-state index contributed by atoms with van der Waals surface area (Å²) in [4.78, 5) is 9.89. The van der Waals surface area contributed by atoms with Crippen molar-refractivity contribution in [2.45, 2.75) is 51.6 Å². The molecule has 0 saturated carbocycles. The van der Waals surface area contributed by atoms with Crippen molar-refractivity contribution in [2.24, 2.45) is 5.73 Å². The fourth-order valence-electron chi connectivity index (χ4n) is 3.73. The van der Waals surface area contributed by atoms with Crippen molar-refractivity contribution in [1.29, 1.82) is 0 Å². The first-order valence-electron chi connectivity index (χ1n) is 8.43. The van der Waals surface area contributed by atoms with Crippen molar-refractivity contribution in [3.8, 4) is 0 Å². The van der Waals surface area contributed by atoms with Crippen LogP contribution in [-0.4, -0.2) is 42.1 Å². The summed E-state index contributed by atoms with van der Waals surface area (Å²) in [6.07, 6.45) is 6.72. The third-order valence-electron chi connectivity index (χ3n) is 4.99. The third-order valence-corrected chi connectivity index (χ3v) is 4.99. The fraction of sp³-hybridized carbons (Fsp3) is 0.706. The van der Waals surface area contributed by atoms with Gasteiger partial charge in [-0.05, 0) is 51.8 Å². The molecule has 1 aromatic rings. The van der Waals surface area contributed by atoms with Crippen molar-refractivity contribution < 1.29 is 0 Å². The summed E-state index contributed by atoms with van der Waals surface area (Å²) in [6.45, 7) is 7.48. The molecule has 2 fully saturated rings. The topological polar surface area (TPSA) is 45.4 Å². The van der Waals surface area contributed by atoms with Crippen LogP contribution >= 0.6 is 0 Å². The maximum atomic E-state index is 5.88. The SMILES string of the molecule is Cc1ccc(CN)c(N2CCC(N3CCCCC3)CC2)n1. The van der Waals surface area contributed by atoms with Gasteiger partial charge < -0.3 is 15.5 Å². The van der Waals surface area contributed by atoms with Gasteiger partial charge in [-0.25, -0.2) is 4.98 Å². The minimum Gasteiger partial charge on any atom is -0.356 e. The molecule has 3 rings (SSSR count). The number of hydrogen-bond donors (Lipinski definition) is 1. The molecule has 2 aliphatic heterocycles. The van der Waals surface area contributed by atoms with Gasteiger partial charge in [-0.2, -0.15) is 0 Å². The van der Waals surface area contributed by atoms with Gasteiger partial charge in [0.1, 0.15) is 5.82 Å². The van der Waals surface area contributed by atoms with E-state index in [4.69, 9.17) is 10.7 Å². The molecule has 0 aliphatic carbocycles.